The van der Waals surface area contributed by atoms with E-state index >= 15 is 0 Å². The SMILES string of the molecule is COC[C@@H]1CCCN(C(=O)[C@H](C)Cl)C1. The van der Waals surface area contributed by atoms with Crippen molar-refractivity contribution in [1.29, 1.82) is 0 Å². The Morgan fingerprint density at radius 1 is 1.71 bits per heavy atom. The molecule has 0 spiro atoms. The number of hydrogen-bond acceptors (Lipinski definition) is 2. The second-order valence-electron chi connectivity index (χ2n) is 3.86. The molecule has 1 fully saturated rings. The minimum absolute atomic E-state index is 0.0486. The van der Waals surface area contributed by atoms with Crippen LogP contribution in [-0.4, -0.2) is 43.0 Å². The van der Waals surface area contributed by atoms with Crippen molar-refractivity contribution in [1.82, 2.24) is 4.90 Å². The molecule has 0 aromatic heterocycles. The molecular formula is C10H18ClNO2. The lowest BCUT2D eigenvalue weighted by molar-refractivity contribution is -0.132. The lowest BCUT2D eigenvalue weighted by Crippen LogP contribution is -2.43. The lowest BCUT2D eigenvalue weighted by Gasteiger charge is -2.33. The molecule has 4 heteroatoms. The van der Waals surface area contributed by atoms with Gasteiger partial charge in [0.2, 0.25) is 5.91 Å². The minimum Gasteiger partial charge on any atom is -0.384 e. The summed E-state index contributed by atoms with van der Waals surface area (Å²) < 4.78 is 5.10. The molecule has 1 amide bonds. The van der Waals surface area contributed by atoms with Crippen LogP contribution in [0.5, 0.6) is 0 Å². The minimum atomic E-state index is -0.406. The Balaban J connectivity index is 2.43. The van der Waals surface area contributed by atoms with Gasteiger partial charge in [-0.1, -0.05) is 0 Å². The van der Waals surface area contributed by atoms with Crippen LogP contribution in [-0.2, 0) is 9.53 Å². The van der Waals surface area contributed by atoms with Gasteiger partial charge in [-0.25, -0.2) is 0 Å². The standard InChI is InChI=1S/C10H18ClNO2/c1-8(11)10(13)12-5-3-4-9(6-12)7-14-2/h8-9H,3-7H2,1-2H3/t8-,9+/m0/s1. The molecule has 0 aliphatic carbocycles. The van der Waals surface area contributed by atoms with Crippen LogP contribution in [0.1, 0.15) is 19.8 Å². The smallest absolute Gasteiger partial charge is 0.240 e. The Labute approximate surface area is 90.4 Å². The van der Waals surface area contributed by atoms with Crippen LogP contribution in [0, 0.1) is 5.92 Å². The normalized spacial score (nSPS) is 24.8. The Bertz CT molecular complexity index is 195. The van der Waals surface area contributed by atoms with Gasteiger partial charge < -0.3 is 9.64 Å². The molecule has 0 bridgehead atoms. The molecule has 2 atom stereocenters. The number of nitrogens with zero attached hydrogens (tertiary/aromatic N) is 1. The zero-order chi connectivity index (χ0) is 10.6. The van der Waals surface area contributed by atoms with Crippen LogP contribution in [0.2, 0.25) is 0 Å². The lowest BCUT2D eigenvalue weighted by atomic mass is 9.99. The summed E-state index contributed by atoms with van der Waals surface area (Å²) in [4.78, 5) is 13.5. The van der Waals surface area contributed by atoms with E-state index in [2.05, 4.69) is 0 Å². The van der Waals surface area contributed by atoms with Crippen LogP contribution >= 0.6 is 11.6 Å². The molecule has 1 heterocycles. The number of likely N-dealkylation sites (tertiary alicyclic amines) is 1. The highest BCUT2D eigenvalue weighted by molar-refractivity contribution is 6.30. The van der Waals surface area contributed by atoms with Gasteiger partial charge in [0, 0.05) is 20.2 Å². The van der Waals surface area contributed by atoms with Gasteiger partial charge in [0.25, 0.3) is 0 Å². The molecule has 0 aromatic carbocycles. The number of piperidine rings is 1. The Hall–Kier alpha value is -0.280. The van der Waals surface area contributed by atoms with E-state index in [1.807, 2.05) is 4.90 Å². The van der Waals surface area contributed by atoms with Crippen LogP contribution in [0.15, 0.2) is 0 Å². The fourth-order valence-electron chi connectivity index (χ4n) is 1.89. The second kappa shape index (κ2) is 5.56. The Morgan fingerprint density at radius 2 is 2.43 bits per heavy atom. The predicted molar refractivity (Wildman–Crippen MR) is 56.5 cm³/mol. The molecule has 14 heavy (non-hydrogen) atoms. The molecule has 82 valence electrons. The van der Waals surface area contributed by atoms with Gasteiger partial charge in [0.05, 0.1) is 6.61 Å². The summed E-state index contributed by atoms with van der Waals surface area (Å²) in [7, 11) is 1.70. The van der Waals surface area contributed by atoms with E-state index in [1.54, 1.807) is 14.0 Å². The van der Waals surface area contributed by atoms with E-state index < -0.39 is 5.38 Å². The van der Waals surface area contributed by atoms with Crippen molar-refractivity contribution in [2.75, 3.05) is 26.8 Å². The molecule has 0 unspecified atom stereocenters. The first-order chi connectivity index (χ1) is 6.65. The average Bonchev–Trinajstić information content (AvgIpc) is 2.17. The Morgan fingerprint density at radius 3 is 3.00 bits per heavy atom. The molecule has 3 nitrogen and oxygen atoms in total. The van der Waals surface area contributed by atoms with E-state index in [0.29, 0.717) is 5.92 Å². The third kappa shape index (κ3) is 3.14. The van der Waals surface area contributed by atoms with Crippen LogP contribution in [0.4, 0.5) is 0 Å². The average molecular weight is 220 g/mol. The number of rotatable bonds is 3. The van der Waals surface area contributed by atoms with E-state index in [9.17, 15) is 4.79 Å². The first-order valence-electron chi connectivity index (χ1n) is 5.07. The third-order valence-electron chi connectivity index (χ3n) is 2.57. The van der Waals surface area contributed by atoms with E-state index in [4.69, 9.17) is 16.3 Å². The fraction of sp³-hybridized carbons (Fsp3) is 0.900. The molecule has 1 aliphatic rings. The van der Waals surface area contributed by atoms with Gasteiger partial charge in [0.1, 0.15) is 5.38 Å². The van der Waals surface area contributed by atoms with Gasteiger partial charge in [-0.15, -0.1) is 11.6 Å². The van der Waals surface area contributed by atoms with Crippen LogP contribution in [0.3, 0.4) is 0 Å². The Kier molecular flexibility index (Phi) is 4.69. The first-order valence-corrected chi connectivity index (χ1v) is 5.50. The van der Waals surface area contributed by atoms with Crippen molar-refractivity contribution in [3.63, 3.8) is 0 Å². The summed E-state index contributed by atoms with van der Waals surface area (Å²) in [6.45, 7) is 4.10. The highest BCUT2D eigenvalue weighted by atomic mass is 35.5. The quantitative estimate of drug-likeness (QED) is 0.674. The topological polar surface area (TPSA) is 29.5 Å². The summed E-state index contributed by atoms with van der Waals surface area (Å²) >= 11 is 5.76. The zero-order valence-corrected chi connectivity index (χ0v) is 9.59. The number of amides is 1. The number of halogens is 1. The predicted octanol–water partition coefficient (Wildman–Crippen LogP) is 1.50. The van der Waals surface area contributed by atoms with Crippen LogP contribution in [0.25, 0.3) is 0 Å². The third-order valence-corrected chi connectivity index (χ3v) is 2.76. The van der Waals surface area contributed by atoms with Gasteiger partial charge >= 0.3 is 0 Å². The van der Waals surface area contributed by atoms with Gasteiger partial charge in [0.15, 0.2) is 0 Å². The van der Waals surface area contributed by atoms with E-state index in [-0.39, 0.29) is 5.91 Å². The number of carbonyl (C=O) groups is 1. The van der Waals surface area contributed by atoms with Crippen LogP contribution < -0.4 is 0 Å². The van der Waals surface area contributed by atoms with E-state index in [0.717, 1.165) is 32.5 Å². The number of carbonyl (C=O) groups excluding carboxylic acids is 1. The molecule has 0 aromatic rings. The highest BCUT2D eigenvalue weighted by Crippen LogP contribution is 2.18. The summed E-state index contributed by atoms with van der Waals surface area (Å²) in [6.07, 6.45) is 2.21. The van der Waals surface area contributed by atoms with Crippen molar-refractivity contribution in [3.05, 3.63) is 0 Å². The molecule has 1 aliphatic heterocycles. The van der Waals surface area contributed by atoms with Gasteiger partial charge in [-0.3, -0.25) is 4.79 Å². The van der Waals surface area contributed by atoms with Gasteiger partial charge in [-0.05, 0) is 25.7 Å². The molecule has 0 radical (unpaired) electrons. The van der Waals surface area contributed by atoms with E-state index in [1.165, 1.54) is 0 Å². The molecule has 0 saturated carbocycles. The summed E-state index contributed by atoms with van der Waals surface area (Å²) in [5.41, 5.74) is 0. The van der Waals surface area contributed by atoms with Crippen molar-refractivity contribution in [2.45, 2.75) is 25.1 Å². The largest absolute Gasteiger partial charge is 0.384 e. The maximum absolute atomic E-state index is 11.6. The van der Waals surface area contributed by atoms with Crippen molar-refractivity contribution < 1.29 is 9.53 Å². The molecule has 1 saturated heterocycles. The van der Waals surface area contributed by atoms with Gasteiger partial charge in [-0.2, -0.15) is 0 Å². The molecule has 0 N–H and O–H groups in total. The zero-order valence-electron chi connectivity index (χ0n) is 8.83. The number of ether oxygens (including phenoxy) is 1. The summed E-state index contributed by atoms with van der Waals surface area (Å²) in [6, 6.07) is 0. The summed E-state index contributed by atoms with van der Waals surface area (Å²) in [5, 5.41) is -0.406. The van der Waals surface area contributed by atoms with Crippen molar-refractivity contribution >= 4 is 17.5 Å². The maximum Gasteiger partial charge on any atom is 0.240 e. The number of methoxy groups -OCH3 is 1. The monoisotopic (exact) mass is 219 g/mol. The fourth-order valence-corrected chi connectivity index (χ4v) is 2.03. The maximum atomic E-state index is 11.6. The molecular weight excluding hydrogens is 202 g/mol. The number of alkyl halides is 1. The molecule has 1 rings (SSSR count). The highest BCUT2D eigenvalue weighted by Gasteiger charge is 2.25. The second-order valence-corrected chi connectivity index (χ2v) is 4.52. The van der Waals surface area contributed by atoms with Crippen molar-refractivity contribution in [3.8, 4) is 0 Å². The van der Waals surface area contributed by atoms with Crippen molar-refractivity contribution in [2.24, 2.45) is 5.92 Å². The summed E-state index contributed by atoms with van der Waals surface area (Å²) in [5.74, 6) is 0.528. The number of hydrogen-bond donors (Lipinski definition) is 0. The first kappa shape index (κ1) is 11.8.